The highest BCUT2D eigenvalue weighted by atomic mass is 15.1. The lowest BCUT2D eigenvalue weighted by atomic mass is 9.94. The number of rotatable bonds is 18. The molecule has 0 fully saturated rings. The molecule has 0 bridgehead atoms. The first-order valence-electron chi connectivity index (χ1n) is 50.0. The van der Waals surface area contributed by atoms with E-state index in [-0.39, 0.29) is 0 Å². The van der Waals surface area contributed by atoms with Gasteiger partial charge in [-0.1, -0.05) is 516 Å². The Morgan fingerprint density at radius 2 is 0.224 bits per heavy atom. The Bertz CT molecular complexity index is 8890. The average molecular weight is 1880 g/mol. The zero-order valence-electron chi connectivity index (χ0n) is 80.4. The predicted molar refractivity (Wildman–Crippen MR) is 602 cm³/mol. The third-order valence-electron chi connectivity index (χ3n) is 28.3. The van der Waals surface area contributed by atoms with Crippen LogP contribution in [0.1, 0.15) is 33.4 Å². The van der Waals surface area contributed by atoms with E-state index in [0.29, 0.717) is 52.4 Å². The summed E-state index contributed by atoms with van der Waals surface area (Å²) in [4.78, 5) is 45.3. The van der Waals surface area contributed by atoms with Crippen molar-refractivity contribution in [1.82, 2.24) is 44.9 Å². The summed E-state index contributed by atoms with van der Waals surface area (Å²) in [6, 6.07) is 185. The Labute approximate surface area is 855 Å². The second-order valence-electron chi connectivity index (χ2n) is 37.2. The van der Waals surface area contributed by atoms with Crippen molar-refractivity contribution in [1.29, 1.82) is 0 Å². The molecule has 3 aromatic heterocycles. The van der Waals surface area contributed by atoms with Crippen LogP contribution in [0.15, 0.2) is 528 Å². The van der Waals surface area contributed by atoms with Gasteiger partial charge in [0, 0.05) is 62.9 Å². The topological polar surface area (TPSA) is 116 Å². The SMILES string of the molecule is c1ccc(-c2ccc(-c3cccc4c3Cc3c(-c5nc(-c6ccccc6)nc(-c6ccccc6)n5)cccc3-4)cc2)cc1.c1ccc(-c2ccc(-c3nc(-c4ccccc4)nc(-c4cccc5c4Cc4c(-c6ccc(-c7ccccc7)cc6)cccc4-5)n3)cc2)cc1.c1ccc(-c2cccc(-c3nc(-c4ccccc4)nc(-c4cccc(-c5ccc(-c6cccc7c6Cc6c(-c8ccccc8)cccc6-7)cc5)c4)n3)c2)cc1. The molecule has 24 aromatic rings. The fourth-order valence-corrected chi connectivity index (χ4v) is 21.0. The first-order chi connectivity index (χ1) is 72.8. The van der Waals surface area contributed by atoms with Gasteiger partial charge < -0.3 is 0 Å². The van der Waals surface area contributed by atoms with Gasteiger partial charge in [0.15, 0.2) is 52.4 Å². The summed E-state index contributed by atoms with van der Waals surface area (Å²) in [5, 5.41) is 0. The molecular formula is C138H93N9. The van der Waals surface area contributed by atoms with E-state index >= 15 is 0 Å². The monoisotopic (exact) mass is 1880 g/mol. The van der Waals surface area contributed by atoms with E-state index in [0.717, 1.165) is 97.2 Å². The molecule has 0 saturated heterocycles. The number of hydrogen-bond donors (Lipinski definition) is 0. The van der Waals surface area contributed by atoms with Crippen molar-refractivity contribution in [3.05, 3.63) is 561 Å². The molecule has 27 rings (SSSR count). The molecule has 9 heteroatoms. The van der Waals surface area contributed by atoms with Crippen LogP contribution in [0.2, 0.25) is 0 Å². The summed E-state index contributed by atoms with van der Waals surface area (Å²) in [7, 11) is 0. The van der Waals surface area contributed by atoms with Gasteiger partial charge in [0.2, 0.25) is 0 Å². The van der Waals surface area contributed by atoms with Gasteiger partial charge in [0.05, 0.1) is 0 Å². The summed E-state index contributed by atoms with van der Waals surface area (Å²) >= 11 is 0. The van der Waals surface area contributed by atoms with Crippen molar-refractivity contribution in [2.75, 3.05) is 0 Å². The Kier molecular flexibility index (Phi) is 24.2. The maximum absolute atomic E-state index is 5.14. The fourth-order valence-electron chi connectivity index (χ4n) is 21.0. The van der Waals surface area contributed by atoms with Gasteiger partial charge in [-0.15, -0.1) is 0 Å². The second-order valence-corrected chi connectivity index (χ2v) is 37.2. The molecular weight excluding hydrogens is 1780 g/mol. The summed E-state index contributed by atoms with van der Waals surface area (Å²) in [5.74, 6) is 6.00. The van der Waals surface area contributed by atoms with Crippen molar-refractivity contribution in [3.63, 3.8) is 0 Å². The molecule has 147 heavy (non-hydrogen) atoms. The minimum absolute atomic E-state index is 0.640. The molecule has 0 aliphatic heterocycles. The highest BCUT2D eigenvalue weighted by molar-refractivity contribution is 5.94. The molecule has 0 unspecified atom stereocenters. The van der Waals surface area contributed by atoms with Gasteiger partial charge in [-0.2, -0.15) is 0 Å². The number of benzene rings is 21. The summed E-state index contributed by atoms with van der Waals surface area (Å²) in [6.45, 7) is 0. The van der Waals surface area contributed by atoms with Crippen LogP contribution in [0.3, 0.4) is 0 Å². The largest absolute Gasteiger partial charge is 0.208 e. The van der Waals surface area contributed by atoms with Crippen molar-refractivity contribution < 1.29 is 0 Å². The van der Waals surface area contributed by atoms with Crippen molar-refractivity contribution >= 4 is 0 Å². The lowest BCUT2D eigenvalue weighted by Gasteiger charge is -2.12. The highest BCUT2D eigenvalue weighted by Gasteiger charge is 2.31. The smallest absolute Gasteiger partial charge is 0.164 e. The lowest BCUT2D eigenvalue weighted by Crippen LogP contribution is -2.02. The van der Waals surface area contributed by atoms with Crippen molar-refractivity contribution in [3.8, 4) is 236 Å². The van der Waals surface area contributed by atoms with Gasteiger partial charge in [-0.3, -0.25) is 0 Å². The fraction of sp³-hybridized carbons (Fsp3) is 0.0217. The average Bonchev–Trinajstić information content (AvgIpc) is 1.61. The zero-order chi connectivity index (χ0) is 97.7. The molecule has 21 aromatic carbocycles. The zero-order valence-corrected chi connectivity index (χ0v) is 80.4. The summed E-state index contributed by atoms with van der Waals surface area (Å²) in [5.41, 5.74) is 46.3. The molecule has 0 N–H and O–H groups in total. The van der Waals surface area contributed by atoms with Crippen LogP contribution in [0.25, 0.3) is 236 Å². The van der Waals surface area contributed by atoms with E-state index in [9.17, 15) is 0 Å². The quantitative estimate of drug-likeness (QED) is 0.0828. The van der Waals surface area contributed by atoms with Crippen LogP contribution < -0.4 is 0 Å². The molecule has 3 heterocycles. The molecule has 0 amide bonds. The molecule has 0 radical (unpaired) electrons. The van der Waals surface area contributed by atoms with Gasteiger partial charge in [0.25, 0.3) is 0 Å². The minimum atomic E-state index is 0.640. The van der Waals surface area contributed by atoms with E-state index in [4.69, 9.17) is 44.9 Å². The Morgan fingerprint density at radius 1 is 0.0884 bits per heavy atom. The first-order valence-corrected chi connectivity index (χ1v) is 50.0. The van der Waals surface area contributed by atoms with Gasteiger partial charge in [-0.25, -0.2) is 44.9 Å². The van der Waals surface area contributed by atoms with Crippen LogP contribution in [0, 0.1) is 0 Å². The maximum Gasteiger partial charge on any atom is 0.164 e. The van der Waals surface area contributed by atoms with Crippen LogP contribution in [-0.4, -0.2) is 44.9 Å². The first kappa shape index (κ1) is 89.0. The minimum Gasteiger partial charge on any atom is -0.208 e. The number of hydrogen-bond acceptors (Lipinski definition) is 9. The Hall–Kier alpha value is -19.4. The molecule has 690 valence electrons. The van der Waals surface area contributed by atoms with E-state index in [1.807, 2.05) is 97.1 Å². The van der Waals surface area contributed by atoms with Crippen LogP contribution in [-0.2, 0) is 19.3 Å². The second kappa shape index (κ2) is 40.0. The van der Waals surface area contributed by atoms with E-state index < -0.39 is 0 Å². The molecule has 0 atom stereocenters. The molecule has 0 saturated carbocycles. The number of aromatic nitrogens is 9. The molecule has 0 spiro atoms. The Morgan fingerprint density at radius 3 is 0.476 bits per heavy atom. The highest BCUT2D eigenvalue weighted by Crippen LogP contribution is 2.50. The molecule has 3 aliphatic rings. The lowest BCUT2D eigenvalue weighted by molar-refractivity contribution is 1.07. The normalized spacial score (nSPS) is 11.6. The number of nitrogens with zero attached hydrogens (tertiary/aromatic N) is 9. The van der Waals surface area contributed by atoms with Crippen molar-refractivity contribution in [2.24, 2.45) is 0 Å². The van der Waals surface area contributed by atoms with E-state index in [2.05, 4.69) is 431 Å². The van der Waals surface area contributed by atoms with Crippen LogP contribution in [0.4, 0.5) is 0 Å². The van der Waals surface area contributed by atoms with Gasteiger partial charge in [0.1, 0.15) is 0 Å². The van der Waals surface area contributed by atoms with Crippen LogP contribution in [0.5, 0.6) is 0 Å². The maximum atomic E-state index is 5.14. The summed E-state index contributed by atoms with van der Waals surface area (Å²) < 4.78 is 0. The van der Waals surface area contributed by atoms with Gasteiger partial charge in [-0.05, 0) is 185 Å². The molecule has 9 nitrogen and oxygen atoms in total. The third kappa shape index (κ3) is 18.2. The van der Waals surface area contributed by atoms with E-state index in [1.54, 1.807) is 0 Å². The molecule has 3 aliphatic carbocycles. The van der Waals surface area contributed by atoms with E-state index in [1.165, 1.54) is 139 Å². The standard InChI is InChI=1S/C52H35N3.C46H31N3.C40H27N3/c1-4-14-35(15-5-1)40-20-10-22-42(32-40)51-53-50(39-18-8-3-9-19-39)54-52(55-51)43-23-11-21-41(33-43)36-28-30-38(31-29-36)45-25-13-27-47-46-26-12-24-44(48(46)34-49(45)47)37-16-6-2-7-17-37;1-4-12-31(13-5-1)33-22-26-35(27-23-33)38-18-10-19-39-40-20-11-21-41(43(40)30-42(38)39)46-48-44(36-16-8-3-9-17-36)47-45(49-46)37-28-24-34(25-29-37)32-14-6-2-7-15-32;1-4-12-27(13-5-1)28-22-24-29(25-23-28)32-18-10-19-33-34-20-11-21-35(37(34)26-36(32)33)40-42-38(30-14-6-2-7-15-30)41-39(43-40)31-16-8-3-9-17-31/h1-33H,34H2;1-29H,30H2;1-25H,26H2. The van der Waals surface area contributed by atoms with Crippen molar-refractivity contribution in [2.45, 2.75) is 19.3 Å². The number of fused-ring (bicyclic) bond motifs is 9. The van der Waals surface area contributed by atoms with Crippen LogP contribution >= 0.6 is 0 Å². The predicted octanol–water partition coefficient (Wildman–Crippen LogP) is 34.3. The Balaban J connectivity index is 0.000000116. The van der Waals surface area contributed by atoms with Gasteiger partial charge >= 0.3 is 0 Å². The third-order valence-corrected chi connectivity index (χ3v) is 28.3. The summed E-state index contributed by atoms with van der Waals surface area (Å²) in [6.07, 6.45) is 2.56.